The number of non-ortho nitro benzene ring substituents is 1. The quantitative estimate of drug-likeness (QED) is 0.488. The van der Waals surface area contributed by atoms with Crippen LogP contribution in [0.25, 0.3) is 0 Å². The van der Waals surface area contributed by atoms with Gasteiger partial charge < -0.3 is 5.11 Å². The molecular formula is C17H15ClN4O4. The Bertz CT molecular complexity index is 1010. The molecule has 0 bridgehead atoms. The van der Waals surface area contributed by atoms with E-state index < -0.39 is 10.5 Å². The number of nitro benzene ring substituents is 1. The van der Waals surface area contributed by atoms with E-state index in [1.54, 1.807) is 0 Å². The number of aromatic hydroxyl groups is 1. The van der Waals surface area contributed by atoms with Crippen LogP contribution in [-0.2, 0) is 6.54 Å². The highest BCUT2D eigenvalue weighted by atomic mass is 35.5. The molecule has 0 radical (unpaired) electrons. The Morgan fingerprint density at radius 2 is 2.19 bits per heavy atom. The lowest BCUT2D eigenvalue weighted by Gasteiger charge is -2.13. The minimum absolute atomic E-state index is 0.0648. The number of halogens is 1. The minimum Gasteiger partial charge on any atom is -0.494 e. The first-order valence-electron chi connectivity index (χ1n) is 7.66. The first-order chi connectivity index (χ1) is 12.3. The highest BCUT2D eigenvalue weighted by Crippen LogP contribution is 2.29. The van der Waals surface area contributed by atoms with Crippen LogP contribution in [0.15, 0.2) is 28.0 Å². The fraction of sp³-hybridized carbons (Fsp3) is 0.235. The molecule has 26 heavy (non-hydrogen) atoms. The van der Waals surface area contributed by atoms with E-state index in [2.05, 4.69) is 4.99 Å². The van der Waals surface area contributed by atoms with E-state index in [1.807, 2.05) is 13.0 Å². The molecule has 0 spiro atoms. The van der Waals surface area contributed by atoms with Gasteiger partial charge in [0, 0.05) is 24.9 Å². The number of benzene rings is 1. The van der Waals surface area contributed by atoms with Crippen molar-refractivity contribution < 1.29 is 10.0 Å². The maximum atomic E-state index is 12.3. The van der Waals surface area contributed by atoms with Crippen molar-refractivity contribution in [3.63, 3.8) is 0 Å². The van der Waals surface area contributed by atoms with E-state index in [0.29, 0.717) is 12.0 Å². The topological polar surface area (TPSA) is 122 Å². The third-order valence-electron chi connectivity index (χ3n) is 3.77. The minimum atomic E-state index is -0.574. The number of nitrogens with zero attached hydrogens (tertiary/aromatic N) is 4. The summed E-state index contributed by atoms with van der Waals surface area (Å²) in [5.74, 6) is -0.296. The molecule has 1 aromatic heterocycles. The summed E-state index contributed by atoms with van der Waals surface area (Å²) in [5.41, 5.74) is -0.0467. The molecule has 0 saturated heterocycles. The second-order valence-corrected chi connectivity index (χ2v) is 5.86. The maximum absolute atomic E-state index is 12.3. The normalized spacial score (nSPS) is 10.8. The lowest BCUT2D eigenvalue weighted by Crippen LogP contribution is -2.25. The third-order valence-corrected chi connectivity index (χ3v) is 4.07. The van der Waals surface area contributed by atoms with Crippen molar-refractivity contribution in [2.24, 2.45) is 4.99 Å². The van der Waals surface area contributed by atoms with E-state index in [9.17, 15) is 25.3 Å². The summed E-state index contributed by atoms with van der Waals surface area (Å²) in [7, 11) is 0. The average Bonchev–Trinajstić information content (AvgIpc) is 2.60. The molecule has 0 unspecified atom stereocenters. The number of hydrogen-bond acceptors (Lipinski definition) is 6. The van der Waals surface area contributed by atoms with Crippen LogP contribution in [0.2, 0.25) is 5.02 Å². The van der Waals surface area contributed by atoms with Crippen molar-refractivity contribution in [2.75, 3.05) is 0 Å². The summed E-state index contributed by atoms with van der Waals surface area (Å²) in [4.78, 5) is 26.6. The number of nitro groups is 1. The number of aliphatic imine (C=N–C) groups is 1. The molecule has 9 heteroatoms. The standard InChI is InChI=1S/C17H15ClN4O4/c1-3-6-21-16(23)12(8-19)10(2)13(17(21)24)9-20-15-5-4-11(22(25)26)7-14(15)18/h4-5,7,9,24H,3,6H2,1-2H3. The zero-order chi connectivity index (χ0) is 19.4. The Morgan fingerprint density at radius 1 is 1.50 bits per heavy atom. The fourth-order valence-electron chi connectivity index (χ4n) is 2.40. The molecule has 0 aliphatic rings. The number of hydrogen-bond donors (Lipinski definition) is 1. The molecule has 0 amide bonds. The lowest BCUT2D eigenvalue weighted by molar-refractivity contribution is -0.384. The number of pyridine rings is 1. The van der Waals surface area contributed by atoms with Gasteiger partial charge in [-0.15, -0.1) is 0 Å². The van der Waals surface area contributed by atoms with E-state index >= 15 is 0 Å². The molecule has 1 aromatic carbocycles. The van der Waals surface area contributed by atoms with Crippen molar-refractivity contribution in [3.05, 3.63) is 60.4 Å². The van der Waals surface area contributed by atoms with E-state index in [1.165, 1.54) is 31.3 Å². The molecule has 2 aromatic rings. The molecule has 134 valence electrons. The predicted molar refractivity (Wildman–Crippen MR) is 97.5 cm³/mol. The van der Waals surface area contributed by atoms with Gasteiger partial charge in [0.2, 0.25) is 5.88 Å². The molecule has 0 saturated carbocycles. The highest BCUT2D eigenvalue weighted by molar-refractivity contribution is 6.33. The van der Waals surface area contributed by atoms with Crippen LogP contribution in [0, 0.1) is 28.4 Å². The molecular weight excluding hydrogens is 360 g/mol. The molecule has 2 rings (SSSR count). The van der Waals surface area contributed by atoms with Gasteiger partial charge in [0.05, 0.1) is 21.2 Å². The van der Waals surface area contributed by atoms with Gasteiger partial charge in [0.15, 0.2) is 0 Å². The maximum Gasteiger partial charge on any atom is 0.271 e. The summed E-state index contributed by atoms with van der Waals surface area (Å²) >= 11 is 6.00. The van der Waals surface area contributed by atoms with Gasteiger partial charge in [0.25, 0.3) is 11.2 Å². The van der Waals surface area contributed by atoms with Gasteiger partial charge in [-0.2, -0.15) is 5.26 Å². The molecule has 0 aliphatic carbocycles. The number of rotatable bonds is 5. The van der Waals surface area contributed by atoms with Crippen LogP contribution in [0.3, 0.4) is 0 Å². The summed E-state index contributed by atoms with van der Waals surface area (Å²) < 4.78 is 1.12. The van der Waals surface area contributed by atoms with Crippen molar-refractivity contribution in [3.8, 4) is 11.9 Å². The third kappa shape index (κ3) is 3.58. The first-order valence-corrected chi connectivity index (χ1v) is 8.04. The van der Waals surface area contributed by atoms with Gasteiger partial charge in [-0.05, 0) is 25.0 Å². The molecule has 8 nitrogen and oxygen atoms in total. The Kier molecular flexibility index (Phi) is 5.75. The van der Waals surface area contributed by atoms with Crippen molar-refractivity contribution in [2.45, 2.75) is 26.8 Å². The summed E-state index contributed by atoms with van der Waals surface area (Å²) in [5, 5.41) is 30.5. The Morgan fingerprint density at radius 3 is 2.73 bits per heavy atom. The van der Waals surface area contributed by atoms with Crippen LogP contribution in [-0.4, -0.2) is 20.8 Å². The van der Waals surface area contributed by atoms with Crippen molar-refractivity contribution in [1.82, 2.24) is 4.57 Å². The smallest absolute Gasteiger partial charge is 0.271 e. The van der Waals surface area contributed by atoms with Crippen molar-refractivity contribution in [1.29, 1.82) is 5.26 Å². The van der Waals surface area contributed by atoms with Gasteiger partial charge in [-0.3, -0.25) is 24.5 Å². The zero-order valence-electron chi connectivity index (χ0n) is 14.1. The monoisotopic (exact) mass is 374 g/mol. The van der Waals surface area contributed by atoms with E-state index in [0.717, 1.165) is 4.57 Å². The predicted octanol–water partition coefficient (Wildman–Crippen LogP) is 3.46. The Balaban J connectivity index is 2.58. The van der Waals surface area contributed by atoms with Crippen LogP contribution in [0.5, 0.6) is 5.88 Å². The number of aromatic nitrogens is 1. The van der Waals surface area contributed by atoms with Gasteiger partial charge >= 0.3 is 0 Å². The zero-order valence-corrected chi connectivity index (χ0v) is 14.8. The molecule has 1 N–H and O–H groups in total. The van der Waals surface area contributed by atoms with E-state index in [-0.39, 0.29) is 39.9 Å². The molecule has 1 heterocycles. The fourth-order valence-corrected chi connectivity index (χ4v) is 2.63. The summed E-state index contributed by atoms with van der Waals surface area (Å²) in [6.45, 7) is 3.62. The first kappa shape index (κ1) is 19.1. The largest absolute Gasteiger partial charge is 0.494 e. The lowest BCUT2D eigenvalue weighted by atomic mass is 10.1. The van der Waals surface area contributed by atoms with E-state index in [4.69, 9.17) is 11.6 Å². The van der Waals surface area contributed by atoms with Gasteiger partial charge in [-0.25, -0.2) is 0 Å². The molecule has 0 atom stereocenters. The molecule has 0 aliphatic heterocycles. The Labute approximate surface area is 153 Å². The van der Waals surface area contributed by atoms with Crippen LogP contribution in [0.1, 0.15) is 30.0 Å². The SMILES string of the molecule is CCCn1c(O)c(C=Nc2ccc([N+](=O)[O-])cc2Cl)c(C)c(C#N)c1=O. The van der Waals surface area contributed by atoms with Crippen molar-refractivity contribution >= 4 is 29.2 Å². The van der Waals surface area contributed by atoms with Gasteiger partial charge in [0.1, 0.15) is 11.6 Å². The average molecular weight is 375 g/mol. The van der Waals surface area contributed by atoms with Gasteiger partial charge in [-0.1, -0.05) is 18.5 Å². The molecule has 0 fully saturated rings. The summed E-state index contributed by atoms with van der Waals surface area (Å²) in [6.07, 6.45) is 1.87. The number of nitriles is 1. The van der Waals surface area contributed by atoms with Crippen LogP contribution in [0.4, 0.5) is 11.4 Å². The highest BCUT2D eigenvalue weighted by Gasteiger charge is 2.17. The summed E-state index contributed by atoms with van der Waals surface area (Å²) in [6, 6.07) is 5.64. The van der Waals surface area contributed by atoms with Crippen LogP contribution >= 0.6 is 11.6 Å². The van der Waals surface area contributed by atoms with Crippen LogP contribution < -0.4 is 5.56 Å². The Hall–Kier alpha value is -3.18. The second-order valence-electron chi connectivity index (χ2n) is 5.46. The second kappa shape index (κ2) is 7.80.